The third-order valence-corrected chi connectivity index (χ3v) is 2.52. The Morgan fingerprint density at radius 3 is 2.44 bits per heavy atom. The summed E-state index contributed by atoms with van der Waals surface area (Å²) in [6.45, 7) is 0.0646. The predicted octanol–water partition coefficient (Wildman–Crippen LogP) is 3.13. The molecule has 0 bridgehead atoms. The van der Waals surface area contributed by atoms with E-state index < -0.39 is 11.4 Å². The van der Waals surface area contributed by atoms with Gasteiger partial charge < -0.3 is 4.74 Å². The van der Waals surface area contributed by atoms with Gasteiger partial charge in [0.05, 0.1) is 6.61 Å². The summed E-state index contributed by atoms with van der Waals surface area (Å²) < 4.78 is 29.2. The first-order valence-electron chi connectivity index (χ1n) is 5.30. The Morgan fingerprint density at radius 1 is 1.00 bits per heavy atom. The Hall–Kier alpha value is -1.69. The molecule has 1 atom stereocenters. The second-order valence-electron chi connectivity index (χ2n) is 3.54. The molecule has 1 N–H and O–H groups in total. The average Bonchev–Trinajstić information content (AvgIpc) is 2.38. The van der Waals surface area contributed by atoms with Crippen LogP contribution in [0, 0.1) is 0 Å². The van der Waals surface area contributed by atoms with Crippen LogP contribution < -0.4 is 4.74 Å². The highest BCUT2D eigenvalue weighted by atomic mass is 32.2. The quantitative estimate of drug-likeness (QED) is 0.843. The summed E-state index contributed by atoms with van der Waals surface area (Å²) in [5.41, 5.74) is 0.769. The lowest BCUT2D eigenvalue weighted by Crippen LogP contribution is -1.96. The van der Waals surface area contributed by atoms with Crippen molar-refractivity contribution in [2.75, 3.05) is 0 Å². The molecule has 2 aromatic carbocycles. The van der Waals surface area contributed by atoms with Gasteiger partial charge in [0.15, 0.2) is 0 Å². The van der Waals surface area contributed by atoms with Gasteiger partial charge in [-0.25, -0.2) is 0 Å². The van der Waals surface area contributed by atoms with E-state index in [0.717, 1.165) is 11.3 Å². The van der Waals surface area contributed by atoms with Gasteiger partial charge in [-0.2, -0.15) is 4.21 Å². The number of hydrogen-bond donors (Lipinski definition) is 1. The zero-order chi connectivity index (χ0) is 12.8. The molecule has 0 fully saturated rings. The van der Waals surface area contributed by atoms with E-state index >= 15 is 0 Å². The molecule has 4 nitrogen and oxygen atoms in total. The van der Waals surface area contributed by atoms with E-state index in [9.17, 15) is 4.21 Å². The van der Waals surface area contributed by atoms with E-state index in [1.165, 1.54) is 0 Å². The highest BCUT2D eigenvalue weighted by Crippen LogP contribution is 2.22. The molecule has 1 unspecified atom stereocenters. The minimum atomic E-state index is -2.25. The maximum atomic E-state index is 10.4. The largest absolute Gasteiger partial charge is 0.457 e. The first-order valence-corrected chi connectivity index (χ1v) is 6.33. The first-order chi connectivity index (χ1) is 8.74. The van der Waals surface area contributed by atoms with Gasteiger partial charge in [-0.05, 0) is 29.8 Å². The van der Waals surface area contributed by atoms with Crippen molar-refractivity contribution < 1.29 is 17.7 Å². The van der Waals surface area contributed by atoms with Crippen LogP contribution in [0.2, 0.25) is 0 Å². The van der Waals surface area contributed by atoms with Crippen molar-refractivity contribution in [3.63, 3.8) is 0 Å². The molecule has 0 spiro atoms. The van der Waals surface area contributed by atoms with E-state index in [2.05, 4.69) is 4.18 Å². The molecule has 0 heterocycles. The van der Waals surface area contributed by atoms with Crippen LogP contribution in [-0.4, -0.2) is 8.76 Å². The predicted molar refractivity (Wildman–Crippen MR) is 68.5 cm³/mol. The van der Waals surface area contributed by atoms with Gasteiger partial charge in [0, 0.05) is 0 Å². The van der Waals surface area contributed by atoms with E-state index in [1.54, 1.807) is 18.2 Å². The number of benzene rings is 2. The monoisotopic (exact) mass is 264 g/mol. The second kappa shape index (κ2) is 6.30. The smallest absolute Gasteiger partial charge is 0.302 e. The van der Waals surface area contributed by atoms with Crippen molar-refractivity contribution in [2.24, 2.45) is 0 Å². The van der Waals surface area contributed by atoms with Crippen LogP contribution in [0.3, 0.4) is 0 Å². The molecule has 0 aromatic heterocycles. The van der Waals surface area contributed by atoms with Gasteiger partial charge in [0.25, 0.3) is 0 Å². The van der Waals surface area contributed by atoms with E-state index in [-0.39, 0.29) is 6.61 Å². The first kappa shape index (κ1) is 12.8. The van der Waals surface area contributed by atoms with Gasteiger partial charge >= 0.3 is 11.4 Å². The summed E-state index contributed by atoms with van der Waals surface area (Å²) >= 11 is -2.25. The van der Waals surface area contributed by atoms with Gasteiger partial charge in [-0.15, -0.1) is 0 Å². The van der Waals surface area contributed by atoms with Crippen molar-refractivity contribution in [3.05, 3.63) is 60.2 Å². The fourth-order valence-corrected chi connectivity index (χ4v) is 1.68. The minimum Gasteiger partial charge on any atom is -0.457 e. The van der Waals surface area contributed by atoms with Crippen LogP contribution in [-0.2, 0) is 22.2 Å². The van der Waals surface area contributed by atoms with Crippen molar-refractivity contribution in [2.45, 2.75) is 6.61 Å². The van der Waals surface area contributed by atoms with Gasteiger partial charge in [0.1, 0.15) is 11.5 Å². The van der Waals surface area contributed by atoms with Crippen LogP contribution in [0.4, 0.5) is 0 Å². The second-order valence-corrected chi connectivity index (χ2v) is 4.21. The molecule has 0 aliphatic heterocycles. The Bertz CT molecular complexity index is 528. The molecule has 5 heteroatoms. The Labute approximate surface area is 108 Å². The molecule has 94 valence electrons. The maximum Gasteiger partial charge on any atom is 0.302 e. The highest BCUT2D eigenvalue weighted by Gasteiger charge is 2.00. The van der Waals surface area contributed by atoms with Crippen LogP contribution in [0.15, 0.2) is 54.6 Å². The minimum absolute atomic E-state index is 0.0646. The molecule has 2 rings (SSSR count). The summed E-state index contributed by atoms with van der Waals surface area (Å²) in [6, 6.07) is 16.6. The molecule has 0 saturated heterocycles. The summed E-state index contributed by atoms with van der Waals surface area (Å²) in [5, 5.41) is 0. The summed E-state index contributed by atoms with van der Waals surface area (Å²) in [5.74, 6) is 1.40. The van der Waals surface area contributed by atoms with E-state index in [0.29, 0.717) is 5.75 Å². The van der Waals surface area contributed by atoms with Crippen molar-refractivity contribution >= 4 is 11.4 Å². The van der Waals surface area contributed by atoms with Crippen LogP contribution >= 0.6 is 0 Å². The molecule has 0 amide bonds. The van der Waals surface area contributed by atoms with Crippen LogP contribution in [0.5, 0.6) is 11.5 Å². The zero-order valence-electron chi connectivity index (χ0n) is 9.48. The standard InChI is InChI=1S/C13H12O4S/c14-18(15)16-10-11-5-4-8-13(9-11)17-12-6-2-1-3-7-12/h1-9H,10H2,(H,14,15). The molecule has 18 heavy (non-hydrogen) atoms. The fourth-order valence-electron chi connectivity index (χ4n) is 1.44. The summed E-state index contributed by atoms with van der Waals surface area (Å²) in [6.07, 6.45) is 0. The third kappa shape index (κ3) is 3.96. The van der Waals surface area contributed by atoms with Gasteiger partial charge in [0.2, 0.25) is 0 Å². The average molecular weight is 264 g/mol. The SMILES string of the molecule is O=S(O)OCc1cccc(Oc2ccccc2)c1. The van der Waals surface area contributed by atoms with E-state index in [1.807, 2.05) is 36.4 Å². The lowest BCUT2D eigenvalue weighted by molar-refractivity contribution is 0.296. The van der Waals surface area contributed by atoms with E-state index in [4.69, 9.17) is 9.29 Å². The zero-order valence-corrected chi connectivity index (χ0v) is 10.3. The van der Waals surface area contributed by atoms with Crippen molar-refractivity contribution in [3.8, 4) is 11.5 Å². The Balaban J connectivity index is 2.05. The number of hydrogen-bond acceptors (Lipinski definition) is 3. The number of para-hydroxylation sites is 1. The Morgan fingerprint density at radius 2 is 1.72 bits per heavy atom. The molecular formula is C13H12O4S. The van der Waals surface area contributed by atoms with Gasteiger partial charge in [-0.3, -0.25) is 8.74 Å². The molecule has 2 aromatic rings. The highest BCUT2D eigenvalue weighted by molar-refractivity contribution is 7.74. The summed E-state index contributed by atoms with van der Waals surface area (Å²) in [4.78, 5) is 0. The van der Waals surface area contributed by atoms with Gasteiger partial charge in [-0.1, -0.05) is 30.3 Å². The molecular weight excluding hydrogens is 252 g/mol. The third-order valence-electron chi connectivity index (χ3n) is 2.20. The lowest BCUT2D eigenvalue weighted by atomic mass is 10.2. The topological polar surface area (TPSA) is 55.8 Å². The van der Waals surface area contributed by atoms with Crippen LogP contribution in [0.25, 0.3) is 0 Å². The number of ether oxygens (including phenoxy) is 1. The molecule has 0 aliphatic carbocycles. The van der Waals surface area contributed by atoms with Crippen molar-refractivity contribution in [1.82, 2.24) is 0 Å². The molecule has 0 aliphatic rings. The molecule has 0 saturated carbocycles. The van der Waals surface area contributed by atoms with Crippen molar-refractivity contribution in [1.29, 1.82) is 0 Å². The normalized spacial score (nSPS) is 12.1. The van der Waals surface area contributed by atoms with Crippen LogP contribution in [0.1, 0.15) is 5.56 Å². The molecule has 0 radical (unpaired) electrons. The fraction of sp³-hybridized carbons (Fsp3) is 0.0769. The Kier molecular flexibility index (Phi) is 4.46. The summed E-state index contributed by atoms with van der Waals surface area (Å²) in [7, 11) is 0. The number of rotatable bonds is 5. The maximum absolute atomic E-state index is 10.4. The lowest BCUT2D eigenvalue weighted by Gasteiger charge is -2.07.